The monoisotopic (exact) mass is 373 g/mol. The number of alkyl halides is 3. The van der Waals surface area contributed by atoms with Crippen molar-refractivity contribution in [2.45, 2.75) is 17.9 Å². The van der Waals surface area contributed by atoms with Gasteiger partial charge in [0.05, 0.1) is 11.5 Å². The summed E-state index contributed by atoms with van der Waals surface area (Å²) in [6.07, 6.45) is -4.86. The Morgan fingerprint density at radius 2 is 1.84 bits per heavy atom. The molecule has 2 aromatic carbocycles. The standard InChI is InChI=1S/C14H11BF3NO5S/c16-14(17,18)24-11-3-5-12(6-4-11)25(21,22)19-10-2-1-9-8-23-15(20)13(9)7-10/h1-7,19-20H,8H2. The average Bonchev–Trinajstić information content (AvgIpc) is 2.87. The molecule has 0 fully saturated rings. The maximum Gasteiger partial charge on any atom is 0.573 e. The summed E-state index contributed by atoms with van der Waals surface area (Å²) in [7, 11) is -5.14. The molecule has 0 aromatic heterocycles. The predicted octanol–water partition coefficient (Wildman–Crippen LogP) is 1.60. The molecule has 1 heterocycles. The number of halogens is 3. The number of sulfonamides is 1. The topological polar surface area (TPSA) is 84.9 Å². The lowest BCUT2D eigenvalue weighted by Crippen LogP contribution is -2.28. The van der Waals surface area contributed by atoms with Crippen molar-refractivity contribution in [2.75, 3.05) is 4.72 Å². The number of nitrogens with one attached hydrogen (secondary N) is 1. The molecule has 2 aromatic rings. The molecular weight excluding hydrogens is 362 g/mol. The lowest BCUT2D eigenvalue weighted by atomic mass is 9.79. The number of hydrogen-bond donors (Lipinski definition) is 2. The molecule has 0 bridgehead atoms. The fraction of sp³-hybridized carbons (Fsp3) is 0.143. The number of benzene rings is 2. The quantitative estimate of drug-likeness (QED) is 0.796. The summed E-state index contributed by atoms with van der Waals surface area (Å²) in [5, 5.41) is 9.64. The van der Waals surface area contributed by atoms with Crippen LogP contribution in [0.4, 0.5) is 18.9 Å². The van der Waals surface area contributed by atoms with Crippen LogP contribution in [0.1, 0.15) is 5.56 Å². The Labute approximate surface area is 141 Å². The Hall–Kier alpha value is -2.24. The molecule has 0 saturated heterocycles. The molecule has 0 aliphatic carbocycles. The molecule has 1 aliphatic heterocycles. The lowest BCUT2D eigenvalue weighted by molar-refractivity contribution is -0.274. The van der Waals surface area contributed by atoms with Gasteiger partial charge in [-0.2, -0.15) is 0 Å². The molecule has 1 aliphatic rings. The van der Waals surface area contributed by atoms with Crippen LogP contribution in [-0.4, -0.2) is 26.9 Å². The Morgan fingerprint density at radius 3 is 2.48 bits per heavy atom. The zero-order chi connectivity index (χ0) is 18.2. The molecule has 0 unspecified atom stereocenters. The second-order valence-electron chi connectivity index (χ2n) is 5.20. The predicted molar refractivity (Wildman–Crippen MR) is 82.8 cm³/mol. The van der Waals surface area contributed by atoms with E-state index >= 15 is 0 Å². The van der Waals surface area contributed by atoms with Crippen LogP contribution in [0.25, 0.3) is 0 Å². The van der Waals surface area contributed by atoms with E-state index in [1.54, 1.807) is 6.07 Å². The van der Waals surface area contributed by atoms with Crippen molar-refractivity contribution >= 4 is 28.3 Å². The van der Waals surface area contributed by atoms with Crippen LogP contribution >= 0.6 is 0 Å². The second-order valence-corrected chi connectivity index (χ2v) is 6.88. The van der Waals surface area contributed by atoms with E-state index in [1.807, 2.05) is 0 Å². The summed E-state index contributed by atoms with van der Waals surface area (Å²) in [6.45, 7) is 0.226. The third-order valence-electron chi connectivity index (χ3n) is 3.43. The highest BCUT2D eigenvalue weighted by molar-refractivity contribution is 7.92. The molecule has 132 valence electrons. The Bertz CT molecular complexity index is 886. The first kappa shape index (κ1) is 17.6. The van der Waals surface area contributed by atoms with Gasteiger partial charge in [0.2, 0.25) is 0 Å². The van der Waals surface area contributed by atoms with Crippen molar-refractivity contribution in [3.8, 4) is 5.75 Å². The van der Waals surface area contributed by atoms with Gasteiger partial charge in [-0.15, -0.1) is 13.2 Å². The molecule has 0 atom stereocenters. The van der Waals surface area contributed by atoms with E-state index in [0.717, 1.165) is 29.8 Å². The van der Waals surface area contributed by atoms with Crippen LogP contribution in [0.2, 0.25) is 0 Å². The van der Waals surface area contributed by atoms with Crippen molar-refractivity contribution in [1.29, 1.82) is 0 Å². The van der Waals surface area contributed by atoms with Gasteiger partial charge < -0.3 is 14.4 Å². The molecule has 11 heteroatoms. The van der Waals surface area contributed by atoms with Gasteiger partial charge in [-0.25, -0.2) is 8.42 Å². The van der Waals surface area contributed by atoms with Crippen molar-refractivity contribution in [1.82, 2.24) is 0 Å². The minimum Gasteiger partial charge on any atom is -0.423 e. The van der Waals surface area contributed by atoms with E-state index in [1.165, 1.54) is 12.1 Å². The summed E-state index contributed by atoms with van der Waals surface area (Å²) in [4.78, 5) is -0.237. The maximum absolute atomic E-state index is 12.3. The minimum atomic E-state index is -4.86. The highest BCUT2D eigenvalue weighted by atomic mass is 32.2. The van der Waals surface area contributed by atoms with Crippen LogP contribution in [0.3, 0.4) is 0 Å². The summed E-state index contributed by atoms with van der Waals surface area (Å²) in [5.41, 5.74) is 1.39. The van der Waals surface area contributed by atoms with E-state index in [0.29, 0.717) is 5.46 Å². The van der Waals surface area contributed by atoms with Gasteiger partial charge in [0.15, 0.2) is 0 Å². The van der Waals surface area contributed by atoms with Gasteiger partial charge in [0.25, 0.3) is 10.0 Å². The van der Waals surface area contributed by atoms with Crippen LogP contribution in [0, 0.1) is 0 Å². The summed E-state index contributed by atoms with van der Waals surface area (Å²) >= 11 is 0. The number of anilines is 1. The van der Waals surface area contributed by atoms with Crippen LogP contribution < -0.4 is 14.9 Å². The minimum absolute atomic E-state index is 0.193. The third kappa shape index (κ3) is 4.06. The van der Waals surface area contributed by atoms with Gasteiger partial charge in [-0.1, -0.05) is 6.07 Å². The molecule has 0 amide bonds. The number of ether oxygens (including phenoxy) is 1. The summed E-state index contributed by atoms with van der Waals surface area (Å²) in [6, 6.07) is 8.35. The average molecular weight is 373 g/mol. The Kier molecular flexibility index (Phi) is 4.39. The molecule has 0 spiro atoms. The largest absolute Gasteiger partial charge is 0.573 e. The SMILES string of the molecule is O=S(=O)(Nc1ccc2c(c1)B(O)OC2)c1ccc(OC(F)(F)F)cc1. The third-order valence-corrected chi connectivity index (χ3v) is 4.83. The van der Waals surface area contributed by atoms with Crippen LogP contribution in [0.5, 0.6) is 5.75 Å². The molecule has 2 N–H and O–H groups in total. The number of fused-ring (bicyclic) bond motifs is 1. The Balaban J connectivity index is 1.79. The van der Waals surface area contributed by atoms with Gasteiger partial charge in [-0.05, 0) is 47.4 Å². The maximum atomic E-state index is 12.3. The van der Waals surface area contributed by atoms with Gasteiger partial charge in [0.1, 0.15) is 5.75 Å². The van der Waals surface area contributed by atoms with E-state index in [4.69, 9.17) is 4.65 Å². The molecule has 3 rings (SSSR count). The first-order valence-corrected chi connectivity index (χ1v) is 8.43. The molecule has 6 nitrogen and oxygen atoms in total. The first-order valence-electron chi connectivity index (χ1n) is 6.95. The number of hydrogen-bond acceptors (Lipinski definition) is 5. The van der Waals surface area contributed by atoms with Crippen molar-refractivity contribution in [3.05, 3.63) is 48.0 Å². The van der Waals surface area contributed by atoms with Crippen molar-refractivity contribution in [3.63, 3.8) is 0 Å². The highest BCUT2D eigenvalue weighted by Crippen LogP contribution is 2.25. The van der Waals surface area contributed by atoms with Gasteiger partial charge in [0, 0.05) is 5.69 Å². The summed E-state index contributed by atoms with van der Waals surface area (Å²) in [5.74, 6) is -0.524. The van der Waals surface area contributed by atoms with E-state index < -0.39 is 29.3 Å². The fourth-order valence-corrected chi connectivity index (χ4v) is 3.36. The van der Waals surface area contributed by atoms with Gasteiger partial charge in [-0.3, -0.25) is 4.72 Å². The van der Waals surface area contributed by atoms with Crippen LogP contribution in [-0.2, 0) is 21.3 Å². The second kappa shape index (κ2) is 6.25. The van der Waals surface area contributed by atoms with Crippen molar-refractivity contribution < 1.29 is 36.0 Å². The number of rotatable bonds is 4. The zero-order valence-corrected chi connectivity index (χ0v) is 13.3. The van der Waals surface area contributed by atoms with E-state index in [9.17, 15) is 26.6 Å². The molecular formula is C14H11BF3NO5S. The molecule has 25 heavy (non-hydrogen) atoms. The van der Waals surface area contributed by atoms with Crippen molar-refractivity contribution in [2.24, 2.45) is 0 Å². The molecule has 0 radical (unpaired) electrons. The van der Waals surface area contributed by atoms with E-state index in [2.05, 4.69) is 9.46 Å². The van der Waals surface area contributed by atoms with Crippen LogP contribution in [0.15, 0.2) is 47.4 Å². The van der Waals surface area contributed by atoms with E-state index in [-0.39, 0.29) is 17.2 Å². The first-order chi connectivity index (χ1) is 11.6. The smallest absolute Gasteiger partial charge is 0.423 e. The lowest BCUT2D eigenvalue weighted by Gasteiger charge is -2.11. The Morgan fingerprint density at radius 1 is 1.16 bits per heavy atom. The summed E-state index contributed by atoms with van der Waals surface area (Å²) < 4.78 is 72.0. The highest BCUT2D eigenvalue weighted by Gasteiger charge is 2.31. The van der Waals surface area contributed by atoms with Gasteiger partial charge >= 0.3 is 13.5 Å². The molecule has 0 saturated carbocycles. The normalized spacial score (nSPS) is 14.3. The zero-order valence-electron chi connectivity index (χ0n) is 12.4. The fourth-order valence-electron chi connectivity index (χ4n) is 2.31.